The molecule has 1 aromatic rings. The maximum absolute atomic E-state index is 5.34. The lowest BCUT2D eigenvalue weighted by atomic mass is 9.96. The van der Waals surface area contributed by atoms with Gasteiger partial charge < -0.3 is 10.6 Å². The van der Waals surface area contributed by atoms with E-state index in [2.05, 4.69) is 48.7 Å². The van der Waals surface area contributed by atoms with Crippen molar-refractivity contribution in [2.24, 2.45) is 5.92 Å². The summed E-state index contributed by atoms with van der Waals surface area (Å²) in [6, 6.07) is 11.4. The topological polar surface area (TPSA) is 24.1 Å². The Labute approximate surface area is 109 Å². The maximum Gasteiger partial charge on any atom is 0.167 e. The Balaban J connectivity index is 1.99. The van der Waals surface area contributed by atoms with E-state index in [1.54, 1.807) is 0 Å². The van der Waals surface area contributed by atoms with Gasteiger partial charge in [-0.15, -0.1) is 0 Å². The van der Waals surface area contributed by atoms with Gasteiger partial charge in [-0.1, -0.05) is 44.2 Å². The normalized spacial score (nSPS) is 16.6. The molecule has 0 radical (unpaired) electrons. The minimum atomic E-state index is 0.287. The molecule has 1 aromatic carbocycles. The molecule has 0 amide bonds. The Morgan fingerprint density at radius 1 is 1.24 bits per heavy atom. The molecule has 0 bridgehead atoms. The SMILES string of the molecule is CC(C)[C@@H](NC(=S)NC1CC1)c1ccccc1. The van der Waals surface area contributed by atoms with Crippen molar-refractivity contribution in [3.8, 4) is 0 Å². The molecule has 0 aromatic heterocycles. The standard InChI is InChI=1S/C14H20N2S/c1-10(2)13(11-6-4-3-5-7-11)16-14(17)15-12-8-9-12/h3-7,10,12-13H,8-9H2,1-2H3,(H2,15,16,17)/t13-/m1/s1. The molecule has 3 heteroatoms. The molecular weight excluding hydrogens is 228 g/mol. The van der Waals surface area contributed by atoms with Crippen LogP contribution in [0.1, 0.15) is 38.3 Å². The third-order valence-electron chi connectivity index (χ3n) is 3.02. The number of hydrogen-bond donors (Lipinski definition) is 2. The van der Waals surface area contributed by atoms with Crippen molar-refractivity contribution in [2.45, 2.75) is 38.8 Å². The largest absolute Gasteiger partial charge is 0.360 e. The molecular formula is C14H20N2S. The van der Waals surface area contributed by atoms with Crippen molar-refractivity contribution in [3.05, 3.63) is 35.9 Å². The Bertz CT molecular complexity index is 371. The van der Waals surface area contributed by atoms with Crippen molar-refractivity contribution in [3.63, 3.8) is 0 Å². The summed E-state index contributed by atoms with van der Waals surface area (Å²) in [5.41, 5.74) is 1.29. The van der Waals surface area contributed by atoms with Crippen molar-refractivity contribution in [2.75, 3.05) is 0 Å². The molecule has 1 aliphatic rings. The molecule has 1 fully saturated rings. The first kappa shape index (κ1) is 12.4. The van der Waals surface area contributed by atoms with E-state index < -0.39 is 0 Å². The Kier molecular flexibility index (Phi) is 4.00. The molecule has 2 N–H and O–H groups in total. The first-order valence-corrected chi connectivity index (χ1v) is 6.69. The summed E-state index contributed by atoms with van der Waals surface area (Å²) in [5.74, 6) is 0.511. The Morgan fingerprint density at radius 3 is 2.41 bits per heavy atom. The quantitative estimate of drug-likeness (QED) is 0.801. The van der Waals surface area contributed by atoms with Gasteiger partial charge in [-0.25, -0.2) is 0 Å². The van der Waals surface area contributed by atoms with Gasteiger partial charge in [0, 0.05) is 6.04 Å². The highest BCUT2D eigenvalue weighted by atomic mass is 32.1. The van der Waals surface area contributed by atoms with Gasteiger partial charge in [-0.3, -0.25) is 0 Å². The summed E-state index contributed by atoms with van der Waals surface area (Å²) in [6.45, 7) is 4.43. The zero-order chi connectivity index (χ0) is 12.3. The molecule has 2 rings (SSSR count). The fraction of sp³-hybridized carbons (Fsp3) is 0.500. The fourth-order valence-corrected chi connectivity index (χ4v) is 2.18. The second-order valence-electron chi connectivity index (χ2n) is 5.02. The van der Waals surface area contributed by atoms with E-state index >= 15 is 0 Å². The average molecular weight is 248 g/mol. The van der Waals surface area contributed by atoms with E-state index in [-0.39, 0.29) is 6.04 Å². The summed E-state index contributed by atoms with van der Waals surface area (Å²) < 4.78 is 0. The van der Waals surface area contributed by atoms with Crippen LogP contribution in [0.3, 0.4) is 0 Å². The van der Waals surface area contributed by atoms with Gasteiger partial charge in [0.2, 0.25) is 0 Å². The van der Waals surface area contributed by atoms with Gasteiger partial charge in [0.05, 0.1) is 6.04 Å². The minimum absolute atomic E-state index is 0.287. The first-order chi connectivity index (χ1) is 8.16. The molecule has 0 heterocycles. The molecule has 92 valence electrons. The van der Waals surface area contributed by atoms with Crippen molar-refractivity contribution in [1.29, 1.82) is 0 Å². The second-order valence-corrected chi connectivity index (χ2v) is 5.43. The highest BCUT2D eigenvalue weighted by Crippen LogP contribution is 2.22. The van der Waals surface area contributed by atoms with Crippen molar-refractivity contribution >= 4 is 17.3 Å². The summed E-state index contributed by atoms with van der Waals surface area (Å²) >= 11 is 5.34. The van der Waals surface area contributed by atoms with Crippen LogP contribution in [0.25, 0.3) is 0 Å². The monoisotopic (exact) mass is 248 g/mol. The Hall–Kier alpha value is -1.09. The van der Waals surface area contributed by atoms with E-state index in [9.17, 15) is 0 Å². The van der Waals surface area contributed by atoms with Gasteiger partial charge in [0.25, 0.3) is 0 Å². The number of benzene rings is 1. The van der Waals surface area contributed by atoms with E-state index in [0.717, 1.165) is 5.11 Å². The minimum Gasteiger partial charge on any atom is -0.360 e. The predicted molar refractivity (Wildman–Crippen MR) is 75.9 cm³/mol. The molecule has 0 unspecified atom stereocenters. The van der Waals surface area contributed by atoms with Gasteiger partial charge in [-0.05, 0) is 36.5 Å². The van der Waals surface area contributed by atoms with Gasteiger partial charge in [0.15, 0.2) is 5.11 Å². The van der Waals surface area contributed by atoms with Crippen molar-refractivity contribution < 1.29 is 0 Å². The highest BCUT2D eigenvalue weighted by molar-refractivity contribution is 7.80. The smallest absolute Gasteiger partial charge is 0.167 e. The third-order valence-corrected chi connectivity index (χ3v) is 3.26. The van der Waals surface area contributed by atoms with Crippen LogP contribution in [0.15, 0.2) is 30.3 Å². The summed E-state index contributed by atoms with van der Waals surface area (Å²) in [4.78, 5) is 0. The zero-order valence-corrected chi connectivity index (χ0v) is 11.3. The van der Waals surface area contributed by atoms with Crippen molar-refractivity contribution in [1.82, 2.24) is 10.6 Å². The summed E-state index contributed by atoms with van der Waals surface area (Å²) in [5, 5.41) is 7.54. The number of rotatable bonds is 4. The lowest BCUT2D eigenvalue weighted by Crippen LogP contribution is -2.40. The summed E-state index contributed by atoms with van der Waals surface area (Å²) in [6.07, 6.45) is 2.50. The maximum atomic E-state index is 5.34. The molecule has 17 heavy (non-hydrogen) atoms. The third kappa shape index (κ3) is 3.70. The molecule has 1 saturated carbocycles. The van der Waals surface area contributed by atoms with E-state index in [1.807, 2.05) is 6.07 Å². The van der Waals surface area contributed by atoms with Crippen LogP contribution >= 0.6 is 12.2 Å². The Morgan fingerprint density at radius 2 is 1.88 bits per heavy atom. The van der Waals surface area contributed by atoms with Gasteiger partial charge >= 0.3 is 0 Å². The van der Waals surface area contributed by atoms with Crippen LogP contribution in [0.2, 0.25) is 0 Å². The summed E-state index contributed by atoms with van der Waals surface area (Å²) in [7, 11) is 0. The van der Waals surface area contributed by atoms with Gasteiger partial charge in [0.1, 0.15) is 0 Å². The van der Waals surface area contributed by atoms with E-state index in [1.165, 1.54) is 18.4 Å². The van der Waals surface area contributed by atoms with E-state index in [0.29, 0.717) is 12.0 Å². The molecule has 0 saturated heterocycles. The van der Waals surface area contributed by atoms with Crippen LogP contribution in [0.4, 0.5) is 0 Å². The lowest BCUT2D eigenvalue weighted by Gasteiger charge is -2.24. The molecule has 0 spiro atoms. The predicted octanol–water partition coefficient (Wildman–Crippen LogP) is 3.01. The average Bonchev–Trinajstić information content (AvgIpc) is 3.10. The van der Waals surface area contributed by atoms with Crippen LogP contribution in [-0.2, 0) is 0 Å². The van der Waals surface area contributed by atoms with Gasteiger partial charge in [-0.2, -0.15) is 0 Å². The molecule has 2 nitrogen and oxygen atoms in total. The lowest BCUT2D eigenvalue weighted by molar-refractivity contribution is 0.468. The number of nitrogens with one attached hydrogen (secondary N) is 2. The van der Waals surface area contributed by atoms with Crippen LogP contribution < -0.4 is 10.6 Å². The van der Waals surface area contributed by atoms with Crippen LogP contribution in [0.5, 0.6) is 0 Å². The van der Waals surface area contributed by atoms with E-state index in [4.69, 9.17) is 12.2 Å². The first-order valence-electron chi connectivity index (χ1n) is 6.29. The number of thiocarbonyl (C=S) groups is 1. The second kappa shape index (κ2) is 5.50. The van der Waals surface area contributed by atoms with Crippen LogP contribution in [-0.4, -0.2) is 11.2 Å². The molecule has 1 atom stereocenters. The van der Waals surface area contributed by atoms with Crippen LogP contribution in [0, 0.1) is 5.92 Å². The fourth-order valence-electron chi connectivity index (χ4n) is 1.89. The number of hydrogen-bond acceptors (Lipinski definition) is 1. The zero-order valence-electron chi connectivity index (χ0n) is 10.4. The highest BCUT2D eigenvalue weighted by Gasteiger charge is 2.23. The molecule has 1 aliphatic carbocycles. The molecule has 0 aliphatic heterocycles.